The van der Waals surface area contributed by atoms with Gasteiger partial charge in [0.2, 0.25) is 10.0 Å². The quantitative estimate of drug-likeness (QED) is 0.678. The van der Waals surface area contributed by atoms with E-state index in [-0.39, 0.29) is 16.7 Å². The van der Waals surface area contributed by atoms with Gasteiger partial charge >= 0.3 is 0 Å². The number of aromatic nitrogens is 1. The van der Waals surface area contributed by atoms with Crippen LogP contribution in [0.1, 0.15) is 17.2 Å². The topological polar surface area (TPSA) is 73.7 Å². The molecule has 0 radical (unpaired) electrons. The number of rotatable bonds is 5. The minimum Gasteiger partial charge on any atom is -0.508 e. The van der Waals surface area contributed by atoms with Crippen LogP contribution < -0.4 is 0 Å². The fourth-order valence-electron chi connectivity index (χ4n) is 3.80. The molecule has 0 aliphatic carbocycles. The van der Waals surface area contributed by atoms with E-state index in [9.17, 15) is 17.9 Å². The lowest BCUT2D eigenvalue weighted by Crippen LogP contribution is -2.49. The van der Waals surface area contributed by atoms with Gasteiger partial charge in [0.25, 0.3) is 0 Å². The molecule has 1 unspecified atom stereocenters. The normalized spacial score (nSPS) is 17.0. The Kier molecular flexibility index (Phi) is 5.80. The Morgan fingerprint density at radius 2 is 1.63 bits per heavy atom. The fourth-order valence-corrected chi connectivity index (χ4v) is 5.22. The summed E-state index contributed by atoms with van der Waals surface area (Å²) in [4.78, 5) is 6.44. The SMILES string of the molecule is O=S(=O)(c1ccc(F)cc1)N1CCN(C(c2cccnc2)c2ccccc2O)CC1. The third-order valence-electron chi connectivity index (χ3n) is 5.32. The van der Waals surface area contributed by atoms with E-state index >= 15 is 0 Å². The molecule has 2 aromatic carbocycles. The Hall–Kier alpha value is -2.81. The molecule has 1 aliphatic heterocycles. The molecule has 1 N–H and O–H groups in total. The summed E-state index contributed by atoms with van der Waals surface area (Å²) in [7, 11) is -3.69. The number of pyridine rings is 1. The van der Waals surface area contributed by atoms with Gasteiger partial charge < -0.3 is 5.11 Å². The highest BCUT2D eigenvalue weighted by atomic mass is 32.2. The molecular weight excluding hydrogens is 405 g/mol. The van der Waals surface area contributed by atoms with Crippen molar-refractivity contribution < 1.29 is 17.9 Å². The van der Waals surface area contributed by atoms with Crippen molar-refractivity contribution in [1.82, 2.24) is 14.2 Å². The lowest BCUT2D eigenvalue weighted by atomic mass is 9.97. The Labute approximate surface area is 175 Å². The highest BCUT2D eigenvalue weighted by Crippen LogP contribution is 2.34. The highest BCUT2D eigenvalue weighted by molar-refractivity contribution is 7.89. The van der Waals surface area contributed by atoms with Crippen LogP contribution in [-0.4, -0.2) is 53.9 Å². The van der Waals surface area contributed by atoms with Crippen LogP contribution in [0, 0.1) is 5.82 Å². The molecule has 0 bridgehead atoms. The number of hydrogen-bond donors (Lipinski definition) is 1. The molecule has 1 aromatic heterocycles. The van der Waals surface area contributed by atoms with E-state index in [1.54, 1.807) is 24.5 Å². The summed E-state index contributed by atoms with van der Waals surface area (Å²) in [6.45, 7) is 1.55. The number of sulfonamides is 1. The van der Waals surface area contributed by atoms with Crippen molar-refractivity contribution in [2.24, 2.45) is 0 Å². The molecule has 4 rings (SSSR count). The number of phenolic OH excluding ortho intramolecular Hbond substituents is 1. The van der Waals surface area contributed by atoms with Gasteiger partial charge in [0.1, 0.15) is 11.6 Å². The Morgan fingerprint density at radius 1 is 0.933 bits per heavy atom. The van der Waals surface area contributed by atoms with Crippen LogP contribution in [0.3, 0.4) is 0 Å². The number of benzene rings is 2. The highest BCUT2D eigenvalue weighted by Gasteiger charge is 2.33. The summed E-state index contributed by atoms with van der Waals surface area (Å²) in [5.74, 6) is -0.284. The second kappa shape index (κ2) is 8.51. The number of nitrogens with zero attached hydrogens (tertiary/aromatic N) is 3. The van der Waals surface area contributed by atoms with Crippen molar-refractivity contribution in [3.05, 3.63) is 90.0 Å². The second-order valence-corrected chi connectivity index (χ2v) is 9.08. The summed E-state index contributed by atoms with van der Waals surface area (Å²) in [6.07, 6.45) is 3.46. The first-order valence-electron chi connectivity index (χ1n) is 9.64. The van der Waals surface area contributed by atoms with Gasteiger partial charge in [-0.05, 0) is 42.0 Å². The number of hydrogen-bond acceptors (Lipinski definition) is 5. The molecule has 0 spiro atoms. The van der Waals surface area contributed by atoms with Crippen LogP contribution in [0.4, 0.5) is 4.39 Å². The van der Waals surface area contributed by atoms with Crippen molar-refractivity contribution in [2.45, 2.75) is 10.9 Å². The van der Waals surface area contributed by atoms with Gasteiger partial charge in [0.15, 0.2) is 0 Å². The standard InChI is InChI=1S/C22H22FN3O3S/c23-18-7-9-19(10-8-18)30(28,29)26-14-12-25(13-15-26)22(17-4-3-11-24-16-17)20-5-1-2-6-21(20)27/h1-11,16,22,27H,12-15H2. The molecule has 8 heteroatoms. The summed E-state index contributed by atoms with van der Waals surface area (Å²) >= 11 is 0. The van der Waals surface area contributed by atoms with Crippen LogP contribution in [0.25, 0.3) is 0 Å². The minimum absolute atomic E-state index is 0.0851. The van der Waals surface area contributed by atoms with E-state index in [1.807, 2.05) is 24.3 Å². The lowest BCUT2D eigenvalue weighted by Gasteiger charge is -2.39. The summed E-state index contributed by atoms with van der Waals surface area (Å²) in [5, 5.41) is 10.4. The van der Waals surface area contributed by atoms with Crippen LogP contribution in [0.5, 0.6) is 5.75 Å². The molecule has 2 heterocycles. The van der Waals surface area contributed by atoms with Crippen molar-refractivity contribution in [3.63, 3.8) is 0 Å². The van der Waals surface area contributed by atoms with E-state index in [0.29, 0.717) is 26.2 Å². The summed E-state index contributed by atoms with van der Waals surface area (Å²) < 4.78 is 40.4. The van der Waals surface area contributed by atoms with Crippen molar-refractivity contribution >= 4 is 10.0 Å². The van der Waals surface area contributed by atoms with Gasteiger partial charge in [0, 0.05) is 44.1 Å². The van der Waals surface area contributed by atoms with Gasteiger partial charge in [-0.25, -0.2) is 12.8 Å². The molecule has 6 nitrogen and oxygen atoms in total. The smallest absolute Gasteiger partial charge is 0.243 e. The Bertz CT molecular complexity index is 1100. The molecule has 1 atom stereocenters. The maximum Gasteiger partial charge on any atom is 0.243 e. The first kappa shape index (κ1) is 20.5. The average molecular weight is 428 g/mol. The van der Waals surface area contributed by atoms with Crippen molar-refractivity contribution in [2.75, 3.05) is 26.2 Å². The molecule has 1 aliphatic rings. The van der Waals surface area contributed by atoms with Crippen LogP contribution in [0.15, 0.2) is 78.0 Å². The van der Waals surface area contributed by atoms with Crippen molar-refractivity contribution in [1.29, 1.82) is 0 Å². The van der Waals surface area contributed by atoms with Crippen LogP contribution in [0.2, 0.25) is 0 Å². The molecular formula is C22H22FN3O3S. The summed E-state index contributed by atoms with van der Waals surface area (Å²) in [5.41, 5.74) is 1.68. The maximum absolute atomic E-state index is 13.2. The zero-order valence-corrected chi connectivity index (χ0v) is 17.0. The minimum atomic E-state index is -3.69. The Balaban J connectivity index is 1.58. The van der Waals surface area contributed by atoms with E-state index < -0.39 is 15.8 Å². The Morgan fingerprint density at radius 3 is 2.27 bits per heavy atom. The van der Waals surface area contributed by atoms with E-state index in [4.69, 9.17) is 0 Å². The molecule has 30 heavy (non-hydrogen) atoms. The molecule has 0 amide bonds. The number of aromatic hydroxyl groups is 1. The summed E-state index contributed by atoms with van der Waals surface area (Å²) in [6, 6.07) is 15.6. The molecule has 1 fully saturated rings. The van der Waals surface area contributed by atoms with E-state index in [1.165, 1.54) is 16.4 Å². The predicted octanol–water partition coefficient (Wildman–Crippen LogP) is 3.02. The van der Waals surface area contributed by atoms with Crippen LogP contribution >= 0.6 is 0 Å². The van der Waals surface area contributed by atoms with Gasteiger partial charge in [0.05, 0.1) is 10.9 Å². The van der Waals surface area contributed by atoms with Crippen LogP contribution in [-0.2, 0) is 10.0 Å². The second-order valence-electron chi connectivity index (χ2n) is 7.14. The molecule has 0 saturated carbocycles. The van der Waals surface area contributed by atoms with Crippen molar-refractivity contribution in [3.8, 4) is 5.75 Å². The largest absolute Gasteiger partial charge is 0.508 e. The van der Waals surface area contributed by atoms with E-state index in [2.05, 4.69) is 9.88 Å². The van der Waals surface area contributed by atoms with Gasteiger partial charge in [-0.1, -0.05) is 24.3 Å². The zero-order chi connectivity index (χ0) is 21.1. The molecule has 156 valence electrons. The monoisotopic (exact) mass is 427 g/mol. The fraction of sp³-hybridized carbons (Fsp3) is 0.227. The predicted molar refractivity (Wildman–Crippen MR) is 111 cm³/mol. The molecule has 3 aromatic rings. The number of piperazine rings is 1. The van der Waals surface area contributed by atoms with Gasteiger partial charge in [-0.3, -0.25) is 9.88 Å². The first-order valence-corrected chi connectivity index (χ1v) is 11.1. The lowest BCUT2D eigenvalue weighted by molar-refractivity contribution is 0.154. The first-order chi connectivity index (χ1) is 14.5. The third kappa shape index (κ3) is 4.07. The third-order valence-corrected chi connectivity index (χ3v) is 7.23. The number of phenols is 1. The number of para-hydroxylation sites is 1. The number of halogens is 1. The maximum atomic E-state index is 13.2. The average Bonchev–Trinajstić information content (AvgIpc) is 2.77. The van der Waals surface area contributed by atoms with Gasteiger partial charge in [-0.15, -0.1) is 0 Å². The zero-order valence-electron chi connectivity index (χ0n) is 16.2. The van der Waals surface area contributed by atoms with Gasteiger partial charge in [-0.2, -0.15) is 4.31 Å². The molecule has 1 saturated heterocycles. The van der Waals surface area contributed by atoms with E-state index in [0.717, 1.165) is 23.3 Å².